The van der Waals surface area contributed by atoms with Gasteiger partial charge in [-0.15, -0.1) is 0 Å². The first-order valence-electron chi connectivity index (χ1n) is 4.27. The average molecular weight is 447 g/mol. The van der Waals surface area contributed by atoms with E-state index >= 15 is 0 Å². The number of halogens is 3. The first kappa shape index (κ1) is 13.4. The third-order valence-corrected chi connectivity index (χ3v) is 5.06. The van der Waals surface area contributed by atoms with Crippen LogP contribution in [-0.2, 0) is 4.79 Å². The van der Waals surface area contributed by atoms with Gasteiger partial charge in [-0.05, 0) is 53.8 Å². The molecule has 0 aliphatic carbocycles. The quantitative estimate of drug-likeness (QED) is 0.555. The summed E-state index contributed by atoms with van der Waals surface area (Å²) in [6.07, 6.45) is 0. The zero-order chi connectivity index (χ0) is 11.5. The number of anilines is 1. The van der Waals surface area contributed by atoms with Crippen LogP contribution in [0.1, 0.15) is 6.92 Å². The molecule has 15 heavy (non-hydrogen) atoms. The Labute approximate surface area is 120 Å². The molecule has 0 aliphatic rings. The van der Waals surface area contributed by atoms with Gasteiger partial charge in [0.1, 0.15) is 4.32 Å². The van der Waals surface area contributed by atoms with Crippen molar-refractivity contribution in [2.45, 2.75) is 11.2 Å². The maximum absolute atomic E-state index is 11.8. The van der Waals surface area contributed by atoms with Crippen LogP contribution in [0.5, 0.6) is 0 Å². The molecule has 1 N–H and O–H groups in total. The van der Waals surface area contributed by atoms with Crippen LogP contribution in [0.4, 0.5) is 5.69 Å². The lowest BCUT2D eigenvalue weighted by molar-refractivity contribution is -0.117. The summed E-state index contributed by atoms with van der Waals surface area (Å²) in [5, 5.41) is 3.41. The summed E-state index contributed by atoms with van der Waals surface area (Å²) in [5.41, 5.74) is 0.812. The van der Waals surface area contributed by atoms with Gasteiger partial charge in [-0.3, -0.25) is 4.79 Å². The Hall–Kier alpha value is 0.380. The van der Waals surface area contributed by atoms with Gasteiger partial charge in [-0.25, -0.2) is 0 Å². The number of amides is 1. The largest absolute Gasteiger partial charge is 0.325 e. The molecule has 1 aromatic carbocycles. The molecule has 1 unspecified atom stereocenters. The fourth-order valence-corrected chi connectivity index (χ4v) is 1.57. The van der Waals surface area contributed by atoms with Gasteiger partial charge in [0.15, 0.2) is 0 Å². The third kappa shape index (κ3) is 4.03. The number of carbonyl (C=O) groups excluding carboxylic acids is 1. The Balaban J connectivity index is 2.71. The van der Waals surface area contributed by atoms with E-state index in [1.807, 2.05) is 31.2 Å². The van der Waals surface area contributed by atoms with E-state index in [0.717, 1.165) is 9.26 Å². The van der Waals surface area contributed by atoms with Crippen molar-refractivity contribution in [3.63, 3.8) is 0 Å². The summed E-state index contributed by atoms with van der Waals surface area (Å²) in [4.78, 5) is 11.8. The SMILES string of the molecule is CC(Br)(CBr)C(=O)Nc1ccc(I)cc1. The summed E-state index contributed by atoms with van der Waals surface area (Å²) in [6, 6.07) is 7.68. The van der Waals surface area contributed by atoms with E-state index < -0.39 is 4.32 Å². The lowest BCUT2D eigenvalue weighted by atomic mass is 10.2. The lowest BCUT2D eigenvalue weighted by Gasteiger charge is -2.18. The first-order chi connectivity index (χ1) is 6.95. The number of benzene rings is 1. The molecule has 0 bridgehead atoms. The highest BCUT2D eigenvalue weighted by atomic mass is 127. The Kier molecular flexibility index (Phi) is 5.05. The average Bonchev–Trinajstić information content (AvgIpc) is 2.21. The van der Waals surface area contributed by atoms with Crippen LogP contribution in [0.15, 0.2) is 24.3 Å². The second-order valence-corrected chi connectivity index (χ2v) is 6.85. The molecule has 1 aromatic rings. The van der Waals surface area contributed by atoms with E-state index in [4.69, 9.17) is 0 Å². The van der Waals surface area contributed by atoms with Gasteiger partial charge in [0.05, 0.1) is 0 Å². The minimum Gasteiger partial charge on any atom is -0.325 e. The molecule has 0 radical (unpaired) electrons. The van der Waals surface area contributed by atoms with Crippen molar-refractivity contribution < 1.29 is 4.79 Å². The van der Waals surface area contributed by atoms with E-state index in [1.165, 1.54) is 0 Å². The van der Waals surface area contributed by atoms with Gasteiger partial charge >= 0.3 is 0 Å². The van der Waals surface area contributed by atoms with Crippen molar-refractivity contribution >= 4 is 66.0 Å². The van der Waals surface area contributed by atoms with E-state index in [0.29, 0.717) is 5.33 Å². The monoisotopic (exact) mass is 445 g/mol. The van der Waals surface area contributed by atoms with Crippen LogP contribution in [0.3, 0.4) is 0 Å². The number of nitrogens with one attached hydrogen (secondary N) is 1. The van der Waals surface area contributed by atoms with Crippen molar-refractivity contribution in [2.75, 3.05) is 10.6 Å². The molecule has 0 heterocycles. The summed E-state index contributed by atoms with van der Waals surface area (Å²) in [5.74, 6) is -0.0550. The number of hydrogen-bond acceptors (Lipinski definition) is 1. The maximum Gasteiger partial charge on any atom is 0.241 e. The van der Waals surface area contributed by atoms with E-state index in [2.05, 4.69) is 59.8 Å². The molecule has 1 amide bonds. The number of hydrogen-bond donors (Lipinski definition) is 1. The van der Waals surface area contributed by atoms with E-state index in [9.17, 15) is 4.79 Å². The predicted molar refractivity (Wildman–Crippen MR) is 78.9 cm³/mol. The van der Waals surface area contributed by atoms with Crippen LogP contribution in [0.2, 0.25) is 0 Å². The molecule has 2 nitrogen and oxygen atoms in total. The predicted octanol–water partition coefficient (Wildman–Crippen LogP) is 3.78. The highest BCUT2D eigenvalue weighted by molar-refractivity contribution is 14.1. The molecule has 0 spiro atoms. The fourth-order valence-electron chi connectivity index (χ4n) is 0.855. The Bertz CT molecular complexity index is 351. The zero-order valence-electron chi connectivity index (χ0n) is 8.06. The topological polar surface area (TPSA) is 29.1 Å². The van der Waals surface area contributed by atoms with Crippen molar-refractivity contribution in [3.05, 3.63) is 27.8 Å². The smallest absolute Gasteiger partial charge is 0.241 e. The van der Waals surface area contributed by atoms with Gasteiger partial charge in [0.2, 0.25) is 5.91 Å². The number of rotatable bonds is 3. The van der Waals surface area contributed by atoms with Gasteiger partial charge in [-0.1, -0.05) is 31.9 Å². The lowest BCUT2D eigenvalue weighted by Crippen LogP contribution is -2.35. The van der Waals surface area contributed by atoms with Gasteiger partial charge in [-0.2, -0.15) is 0 Å². The standard InChI is InChI=1S/C10H10Br2INO/c1-10(12,6-11)9(15)14-8-4-2-7(13)3-5-8/h2-5H,6H2,1H3,(H,14,15). The minimum atomic E-state index is -0.573. The summed E-state index contributed by atoms with van der Waals surface area (Å²) >= 11 is 8.87. The highest BCUT2D eigenvalue weighted by Gasteiger charge is 2.28. The van der Waals surface area contributed by atoms with Crippen molar-refractivity contribution in [2.24, 2.45) is 0 Å². The zero-order valence-corrected chi connectivity index (χ0v) is 13.4. The Morgan fingerprint density at radius 2 is 2.00 bits per heavy atom. The molecule has 1 rings (SSSR count). The summed E-state index contributed by atoms with van der Waals surface area (Å²) in [6.45, 7) is 1.82. The van der Waals surface area contributed by atoms with Crippen LogP contribution in [0, 0.1) is 3.57 Å². The maximum atomic E-state index is 11.8. The fraction of sp³-hybridized carbons (Fsp3) is 0.300. The molecule has 0 aliphatic heterocycles. The summed E-state index contributed by atoms with van der Waals surface area (Å²) in [7, 11) is 0. The van der Waals surface area contributed by atoms with Crippen molar-refractivity contribution in [3.8, 4) is 0 Å². The Morgan fingerprint density at radius 3 is 2.47 bits per heavy atom. The van der Waals surface area contributed by atoms with Gasteiger partial charge in [0.25, 0.3) is 0 Å². The molecule has 0 aromatic heterocycles. The number of carbonyl (C=O) groups is 1. The molecule has 0 saturated carbocycles. The number of alkyl halides is 2. The van der Waals surface area contributed by atoms with Crippen LogP contribution in [-0.4, -0.2) is 15.6 Å². The normalized spacial score (nSPS) is 14.4. The van der Waals surface area contributed by atoms with E-state index in [1.54, 1.807) is 0 Å². The van der Waals surface area contributed by atoms with Gasteiger partial charge in [0, 0.05) is 14.6 Å². The highest BCUT2D eigenvalue weighted by Crippen LogP contribution is 2.22. The third-order valence-electron chi connectivity index (χ3n) is 1.83. The van der Waals surface area contributed by atoms with Gasteiger partial charge < -0.3 is 5.32 Å². The summed E-state index contributed by atoms with van der Waals surface area (Å²) < 4.78 is 0.573. The first-order valence-corrected chi connectivity index (χ1v) is 7.27. The molecule has 0 fully saturated rings. The molecule has 1 atom stereocenters. The van der Waals surface area contributed by atoms with Crippen LogP contribution < -0.4 is 5.32 Å². The van der Waals surface area contributed by atoms with Crippen LogP contribution >= 0.6 is 54.5 Å². The van der Waals surface area contributed by atoms with Crippen LogP contribution in [0.25, 0.3) is 0 Å². The second kappa shape index (κ2) is 5.63. The molecule has 5 heteroatoms. The molecular formula is C10H10Br2INO. The Morgan fingerprint density at radius 1 is 1.47 bits per heavy atom. The van der Waals surface area contributed by atoms with Crippen molar-refractivity contribution in [1.82, 2.24) is 0 Å². The van der Waals surface area contributed by atoms with Crippen molar-refractivity contribution in [1.29, 1.82) is 0 Å². The molecule has 0 saturated heterocycles. The molecule has 82 valence electrons. The van der Waals surface area contributed by atoms with E-state index in [-0.39, 0.29) is 5.91 Å². The minimum absolute atomic E-state index is 0.0550. The molecular weight excluding hydrogens is 437 g/mol. The second-order valence-electron chi connectivity index (χ2n) is 3.29.